The van der Waals surface area contributed by atoms with Gasteiger partial charge in [-0.1, -0.05) is 46.9 Å². The standard InChI is InChI=1S/C22H20Cl3N3OS/c1-14-9-17(15(2)28(14)19-7-8-20(24)21(25)10-19)11-26-27-22(29)13-30-12-16-3-5-18(23)6-4-16/h3-11H,12-13H2,1-2H3,(H,27,29)/b26-11+. The summed E-state index contributed by atoms with van der Waals surface area (Å²) in [4.78, 5) is 12.0. The Morgan fingerprint density at radius 1 is 1.07 bits per heavy atom. The molecule has 0 bridgehead atoms. The summed E-state index contributed by atoms with van der Waals surface area (Å²) < 4.78 is 2.06. The number of hydrazone groups is 1. The average molecular weight is 481 g/mol. The van der Waals surface area contributed by atoms with Crippen molar-refractivity contribution in [2.75, 3.05) is 5.75 Å². The Bertz CT molecular complexity index is 1080. The Morgan fingerprint density at radius 3 is 2.50 bits per heavy atom. The molecule has 1 amide bonds. The minimum absolute atomic E-state index is 0.150. The maximum atomic E-state index is 12.0. The fourth-order valence-corrected chi connectivity index (χ4v) is 4.19. The third kappa shape index (κ3) is 5.82. The number of carbonyl (C=O) groups excluding carboxylic acids is 1. The first-order valence-corrected chi connectivity index (χ1v) is 11.4. The molecule has 0 spiro atoms. The fraction of sp³-hybridized carbons (Fsp3) is 0.182. The quantitative estimate of drug-likeness (QED) is 0.312. The number of halogens is 3. The van der Waals surface area contributed by atoms with Crippen LogP contribution in [-0.2, 0) is 10.5 Å². The second-order valence-electron chi connectivity index (χ2n) is 6.67. The molecule has 1 N–H and O–H groups in total. The van der Waals surface area contributed by atoms with Crippen molar-refractivity contribution in [3.05, 3.63) is 86.1 Å². The Hall–Kier alpha value is -1.92. The number of nitrogens with one attached hydrogen (secondary N) is 1. The molecule has 3 rings (SSSR count). The second-order valence-corrected chi connectivity index (χ2v) is 8.91. The average Bonchev–Trinajstić information content (AvgIpc) is 2.99. The Balaban J connectivity index is 1.57. The molecular formula is C22H20Cl3N3OS. The smallest absolute Gasteiger partial charge is 0.250 e. The lowest BCUT2D eigenvalue weighted by molar-refractivity contribution is -0.118. The van der Waals surface area contributed by atoms with Gasteiger partial charge >= 0.3 is 0 Å². The number of aromatic nitrogens is 1. The van der Waals surface area contributed by atoms with Crippen molar-refractivity contribution in [2.45, 2.75) is 19.6 Å². The molecule has 156 valence electrons. The molecule has 0 radical (unpaired) electrons. The fourth-order valence-electron chi connectivity index (χ4n) is 2.99. The van der Waals surface area contributed by atoms with E-state index in [4.69, 9.17) is 34.8 Å². The number of hydrogen-bond acceptors (Lipinski definition) is 3. The summed E-state index contributed by atoms with van der Waals surface area (Å²) in [6.45, 7) is 3.99. The topological polar surface area (TPSA) is 46.4 Å². The molecule has 1 aromatic heterocycles. The third-order valence-electron chi connectivity index (χ3n) is 4.44. The lowest BCUT2D eigenvalue weighted by Crippen LogP contribution is -2.19. The summed E-state index contributed by atoms with van der Waals surface area (Å²) >= 11 is 19.6. The predicted octanol–water partition coefficient (Wildman–Crippen LogP) is 6.44. The van der Waals surface area contributed by atoms with Crippen molar-refractivity contribution in [1.29, 1.82) is 0 Å². The van der Waals surface area contributed by atoms with Gasteiger partial charge in [-0.25, -0.2) is 5.43 Å². The number of benzene rings is 2. The van der Waals surface area contributed by atoms with E-state index in [2.05, 4.69) is 15.1 Å². The van der Waals surface area contributed by atoms with Crippen LogP contribution in [0, 0.1) is 13.8 Å². The predicted molar refractivity (Wildman–Crippen MR) is 129 cm³/mol. The van der Waals surface area contributed by atoms with Crippen LogP contribution in [0.3, 0.4) is 0 Å². The molecule has 0 aliphatic carbocycles. The minimum atomic E-state index is -0.150. The van der Waals surface area contributed by atoms with Crippen molar-refractivity contribution in [1.82, 2.24) is 9.99 Å². The van der Waals surface area contributed by atoms with Crippen molar-refractivity contribution in [3.8, 4) is 5.69 Å². The van der Waals surface area contributed by atoms with E-state index < -0.39 is 0 Å². The van der Waals surface area contributed by atoms with Crippen molar-refractivity contribution in [3.63, 3.8) is 0 Å². The highest BCUT2D eigenvalue weighted by Crippen LogP contribution is 2.27. The number of carbonyl (C=O) groups is 1. The van der Waals surface area contributed by atoms with Crippen LogP contribution in [0.25, 0.3) is 5.69 Å². The van der Waals surface area contributed by atoms with Crippen LogP contribution in [0.2, 0.25) is 15.1 Å². The van der Waals surface area contributed by atoms with Gasteiger partial charge < -0.3 is 4.57 Å². The number of nitrogens with zero attached hydrogens (tertiary/aromatic N) is 2. The van der Waals surface area contributed by atoms with Crippen LogP contribution < -0.4 is 5.43 Å². The third-order valence-corrected chi connectivity index (χ3v) is 6.43. The van der Waals surface area contributed by atoms with Crippen molar-refractivity contribution < 1.29 is 4.79 Å². The van der Waals surface area contributed by atoms with E-state index in [1.54, 1.807) is 12.3 Å². The zero-order valence-electron chi connectivity index (χ0n) is 16.5. The minimum Gasteiger partial charge on any atom is -0.318 e. The maximum absolute atomic E-state index is 12.0. The SMILES string of the molecule is Cc1cc(/C=N/NC(=O)CSCc2ccc(Cl)cc2)c(C)n1-c1ccc(Cl)c(Cl)c1. The Labute approximate surface area is 195 Å². The molecule has 0 saturated heterocycles. The van der Waals surface area contributed by atoms with E-state index in [0.717, 1.165) is 34.0 Å². The van der Waals surface area contributed by atoms with Gasteiger partial charge in [0, 0.05) is 33.4 Å². The van der Waals surface area contributed by atoms with E-state index in [9.17, 15) is 4.79 Å². The van der Waals surface area contributed by atoms with E-state index in [0.29, 0.717) is 20.8 Å². The van der Waals surface area contributed by atoms with Crippen LogP contribution in [0.15, 0.2) is 53.6 Å². The number of amides is 1. The second kappa shape index (κ2) is 10.4. The van der Waals surface area contributed by atoms with E-state index in [-0.39, 0.29) is 5.91 Å². The van der Waals surface area contributed by atoms with Gasteiger partial charge in [-0.05, 0) is 55.8 Å². The van der Waals surface area contributed by atoms with Gasteiger partial charge in [0.2, 0.25) is 5.91 Å². The molecule has 4 nitrogen and oxygen atoms in total. The number of hydrogen-bond donors (Lipinski definition) is 1. The molecule has 0 aliphatic rings. The van der Waals surface area contributed by atoms with Gasteiger partial charge in [0.05, 0.1) is 22.0 Å². The molecule has 0 fully saturated rings. The molecule has 1 heterocycles. The molecule has 0 unspecified atom stereocenters. The Morgan fingerprint density at radius 2 is 1.80 bits per heavy atom. The summed E-state index contributed by atoms with van der Waals surface area (Å²) in [5.74, 6) is 0.907. The molecule has 8 heteroatoms. The number of thioether (sulfide) groups is 1. The van der Waals surface area contributed by atoms with Gasteiger partial charge in [0.1, 0.15) is 0 Å². The molecule has 0 atom stereocenters. The van der Waals surface area contributed by atoms with Crippen LogP contribution in [0.5, 0.6) is 0 Å². The lowest BCUT2D eigenvalue weighted by atomic mass is 10.2. The molecule has 3 aromatic rings. The van der Waals surface area contributed by atoms with Gasteiger partial charge in [-0.2, -0.15) is 5.10 Å². The highest BCUT2D eigenvalue weighted by molar-refractivity contribution is 7.99. The van der Waals surface area contributed by atoms with E-state index in [1.165, 1.54) is 11.8 Å². The van der Waals surface area contributed by atoms with Crippen LogP contribution in [-0.4, -0.2) is 22.4 Å². The van der Waals surface area contributed by atoms with E-state index >= 15 is 0 Å². The zero-order valence-corrected chi connectivity index (χ0v) is 19.5. The zero-order chi connectivity index (χ0) is 21.7. The summed E-state index contributed by atoms with van der Waals surface area (Å²) in [6, 6.07) is 15.1. The summed E-state index contributed by atoms with van der Waals surface area (Å²) in [5, 5.41) is 5.82. The normalized spacial score (nSPS) is 11.2. The van der Waals surface area contributed by atoms with Crippen molar-refractivity contribution >= 4 is 58.7 Å². The monoisotopic (exact) mass is 479 g/mol. The van der Waals surface area contributed by atoms with Crippen LogP contribution in [0.1, 0.15) is 22.5 Å². The largest absolute Gasteiger partial charge is 0.318 e. The maximum Gasteiger partial charge on any atom is 0.250 e. The summed E-state index contributed by atoms with van der Waals surface area (Å²) in [7, 11) is 0. The van der Waals surface area contributed by atoms with Gasteiger partial charge in [0.25, 0.3) is 0 Å². The summed E-state index contributed by atoms with van der Waals surface area (Å²) in [5.41, 5.74) is 7.54. The van der Waals surface area contributed by atoms with Gasteiger partial charge in [-0.15, -0.1) is 11.8 Å². The van der Waals surface area contributed by atoms with Crippen LogP contribution in [0.4, 0.5) is 0 Å². The molecule has 2 aromatic carbocycles. The first-order chi connectivity index (χ1) is 14.3. The lowest BCUT2D eigenvalue weighted by Gasteiger charge is -2.10. The molecule has 0 saturated carbocycles. The Kier molecular flexibility index (Phi) is 7.89. The molecule has 30 heavy (non-hydrogen) atoms. The highest BCUT2D eigenvalue weighted by atomic mass is 35.5. The van der Waals surface area contributed by atoms with Gasteiger partial charge in [-0.3, -0.25) is 4.79 Å². The van der Waals surface area contributed by atoms with E-state index in [1.807, 2.05) is 56.3 Å². The van der Waals surface area contributed by atoms with Gasteiger partial charge in [0.15, 0.2) is 0 Å². The number of rotatable bonds is 7. The molecular weight excluding hydrogens is 461 g/mol. The highest BCUT2D eigenvalue weighted by Gasteiger charge is 2.11. The molecule has 0 aliphatic heterocycles. The first kappa shape index (κ1) is 22.8. The van der Waals surface area contributed by atoms with Crippen molar-refractivity contribution in [2.24, 2.45) is 5.10 Å². The van der Waals surface area contributed by atoms with Crippen LogP contribution >= 0.6 is 46.6 Å². The number of aryl methyl sites for hydroxylation is 1. The summed E-state index contributed by atoms with van der Waals surface area (Å²) in [6.07, 6.45) is 1.65. The first-order valence-electron chi connectivity index (χ1n) is 9.13.